The molecule has 0 radical (unpaired) electrons. The van der Waals surface area contributed by atoms with Gasteiger partial charge in [0.15, 0.2) is 5.13 Å². The fraction of sp³-hybridized carbons (Fsp3) is 0.389. The minimum Gasteiger partial charge on any atom is -0.477 e. The molecule has 0 unspecified atom stereocenters. The Balaban J connectivity index is 1.57. The number of carbonyl (C=O) groups is 2. The Bertz CT molecular complexity index is 1140. The van der Waals surface area contributed by atoms with E-state index in [1.165, 1.54) is 6.20 Å². The van der Waals surface area contributed by atoms with Crippen LogP contribution < -0.4 is 10.2 Å². The molecule has 3 aromatic heterocycles. The van der Waals surface area contributed by atoms with E-state index in [0.29, 0.717) is 35.4 Å². The SMILES string of the molecule is Cc1cn([C@H]2CN(c3ncc(C(=O)O)s3)CC[C@H]2NC(=O)c2[nH]c(C)c(Cl)c2Cl)nn1. The van der Waals surface area contributed by atoms with Crippen LogP contribution in [0, 0.1) is 13.8 Å². The Kier molecular flexibility index (Phi) is 5.91. The van der Waals surface area contributed by atoms with Gasteiger partial charge in [-0.25, -0.2) is 14.5 Å². The first-order chi connectivity index (χ1) is 14.7. The number of nitrogens with zero attached hydrogens (tertiary/aromatic N) is 5. The summed E-state index contributed by atoms with van der Waals surface area (Å²) in [7, 11) is 0. The van der Waals surface area contributed by atoms with Crippen LogP contribution in [-0.2, 0) is 0 Å². The maximum absolute atomic E-state index is 12.9. The zero-order chi connectivity index (χ0) is 22.3. The number of aromatic carboxylic acids is 1. The van der Waals surface area contributed by atoms with Crippen LogP contribution in [0.1, 0.15) is 44.0 Å². The third-order valence-corrected chi connectivity index (χ3v) is 7.11. The van der Waals surface area contributed by atoms with Crippen LogP contribution in [0.3, 0.4) is 0 Å². The van der Waals surface area contributed by atoms with Gasteiger partial charge in [-0.2, -0.15) is 0 Å². The average Bonchev–Trinajstić information content (AvgIpc) is 3.45. The zero-order valence-electron chi connectivity index (χ0n) is 16.6. The molecule has 0 aromatic carbocycles. The van der Waals surface area contributed by atoms with E-state index < -0.39 is 5.97 Å². The molecule has 1 saturated heterocycles. The van der Waals surface area contributed by atoms with Crippen molar-refractivity contribution >= 4 is 51.5 Å². The summed E-state index contributed by atoms with van der Waals surface area (Å²) in [6.45, 7) is 4.63. The number of aryl methyl sites for hydroxylation is 2. The molecule has 3 N–H and O–H groups in total. The predicted molar refractivity (Wildman–Crippen MR) is 117 cm³/mol. The number of rotatable bonds is 5. The quantitative estimate of drug-likeness (QED) is 0.508. The molecule has 0 bridgehead atoms. The van der Waals surface area contributed by atoms with Crippen molar-refractivity contribution in [1.29, 1.82) is 0 Å². The summed E-state index contributed by atoms with van der Waals surface area (Å²) < 4.78 is 1.71. The van der Waals surface area contributed by atoms with Gasteiger partial charge < -0.3 is 20.3 Å². The van der Waals surface area contributed by atoms with Gasteiger partial charge in [0, 0.05) is 25.0 Å². The largest absolute Gasteiger partial charge is 0.477 e. The summed E-state index contributed by atoms with van der Waals surface area (Å²) in [6.07, 6.45) is 3.74. The van der Waals surface area contributed by atoms with Crippen molar-refractivity contribution in [3.8, 4) is 0 Å². The molecule has 4 heterocycles. The van der Waals surface area contributed by atoms with Crippen LogP contribution >= 0.6 is 34.5 Å². The molecule has 10 nitrogen and oxygen atoms in total. The smallest absolute Gasteiger partial charge is 0.347 e. The van der Waals surface area contributed by atoms with Gasteiger partial charge in [0.1, 0.15) is 10.6 Å². The molecular formula is C18H19Cl2N7O3S. The van der Waals surface area contributed by atoms with Crippen molar-refractivity contribution in [2.45, 2.75) is 32.4 Å². The van der Waals surface area contributed by atoms with Gasteiger partial charge in [0.2, 0.25) is 0 Å². The molecule has 4 rings (SSSR count). The van der Waals surface area contributed by atoms with Crippen molar-refractivity contribution in [1.82, 2.24) is 30.3 Å². The summed E-state index contributed by atoms with van der Waals surface area (Å²) in [5.74, 6) is -1.37. The number of anilines is 1. The first-order valence-electron chi connectivity index (χ1n) is 9.41. The summed E-state index contributed by atoms with van der Waals surface area (Å²) in [6, 6.07) is -0.511. The molecule has 164 valence electrons. The van der Waals surface area contributed by atoms with Crippen molar-refractivity contribution < 1.29 is 14.7 Å². The molecule has 31 heavy (non-hydrogen) atoms. The van der Waals surface area contributed by atoms with Crippen molar-refractivity contribution in [2.24, 2.45) is 0 Å². The number of thiazole rings is 1. The molecule has 1 fully saturated rings. The van der Waals surface area contributed by atoms with Crippen LogP contribution in [0.25, 0.3) is 0 Å². The Morgan fingerprint density at radius 1 is 1.32 bits per heavy atom. The summed E-state index contributed by atoms with van der Waals surface area (Å²) in [5.41, 5.74) is 1.58. The van der Waals surface area contributed by atoms with E-state index in [2.05, 4.69) is 25.6 Å². The number of nitrogens with one attached hydrogen (secondary N) is 2. The molecule has 2 atom stereocenters. The minimum atomic E-state index is -1.01. The van der Waals surface area contributed by atoms with Crippen LogP contribution in [0.15, 0.2) is 12.4 Å². The fourth-order valence-corrected chi connectivity index (χ4v) is 4.75. The number of amides is 1. The maximum atomic E-state index is 12.9. The summed E-state index contributed by atoms with van der Waals surface area (Å²) in [5, 5.41) is 21.6. The summed E-state index contributed by atoms with van der Waals surface area (Å²) in [4.78, 5) is 33.4. The summed E-state index contributed by atoms with van der Waals surface area (Å²) >= 11 is 13.4. The first-order valence-corrected chi connectivity index (χ1v) is 11.0. The predicted octanol–water partition coefficient (Wildman–Crippen LogP) is 2.93. The Labute approximate surface area is 191 Å². The topological polar surface area (TPSA) is 129 Å². The van der Waals surface area contributed by atoms with E-state index in [4.69, 9.17) is 23.2 Å². The highest BCUT2D eigenvalue weighted by molar-refractivity contribution is 7.17. The van der Waals surface area contributed by atoms with Gasteiger partial charge >= 0.3 is 5.97 Å². The van der Waals surface area contributed by atoms with Gasteiger partial charge in [0.05, 0.1) is 34.0 Å². The second kappa shape index (κ2) is 8.48. The van der Waals surface area contributed by atoms with Crippen LogP contribution in [0.5, 0.6) is 0 Å². The van der Waals surface area contributed by atoms with Gasteiger partial charge in [0.25, 0.3) is 5.91 Å². The van der Waals surface area contributed by atoms with E-state index in [9.17, 15) is 14.7 Å². The van der Waals surface area contributed by atoms with Crippen LogP contribution in [0.4, 0.5) is 5.13 Å². The normalized spacial score (nSPS) is 18.9. The highest BCUT2D eigenvalue weighted by atomic mass is 35.5. The fourth-order valence-electron chi connectivity index (χ4n) is 3.55. The van der Waals surface area contributed by atoms with Crippen LogP contribution in [0.2, 0.25) is 10.0 Å². The zero-order valence-corrected chi connectivity index (χ0v) is 18.9. The number of aromatic nitrogens is 5. The number of hydrogen-bond donors (Lipinski definition) is 3. The third kappa shape index (κ3) is 4.25. The highest BCUT2D eigenvalue weighted by Gasteiger charge is 2.34. The lowest BCUT2D eigenvalue weighted by molar-refractivity contribution is 0.0701. The lowest BCUT2D eigenvalue weighted by Gasteiger charge is -2.38. The lowest BCUT2D eigenvalue weighted by atomic mass is 9.99. The number of carboxylic acid groups (broad SMARTS) is 1. The average molecular weight is 484 g/mol. The number of H-pyrrole nitrogens is 1. The standard InChI is InChI=1S/C18H19Cl2N7O3S/c1-8-6-27(25-24-8)11-7-26(18-21-5-12(31-18)17(29)30)4-3-10(11)23-16(28)15-14(20)13(19)9(2)22-15/h5-6,10-11,22H,3-4,7H2,1-2H3,(H,23,28)(H,29,30)/t10-,11+/m1/s1. The molecule has 0 aliphatic carbocycles. The van der Waals surface area contributed by atoms with Crippen molar-refractivity contribution in [3.63, 3.8) is 0 Å². The number of hydrogen-bond acceptors (Lipinski definition) is 7. The monoisotopic (exact) mass is 483 g/mol. The third-order valence-electron chi connectivity index (χ3n) is 5.12. The van der Waals surface area contributed by atoms with Crippen molar-refractivity contribution in [3.05, 3.63) is 44.4 Å². The van der Waals surface area contributed by atoms with Crippen LogP contribution in [-0.4, -0.2) is 61.1 Å². The van der Waals surface area contributed by atoms with Crippen molar-refractivity contribution in [2.75, 3.05) is 18.0 Å². The molecule has 13 heteroatoms. The minimum absolute atomic E-state index is 0.173. The molecule has 1 aliphatic heterocycles. The Morgan fingerprint density at radius 2 is 2.10 bits per heavy atom. The molecule has 0 spiro atoms. The number of halogens is 2. The van der Waals surface area contributed by atoms with Gasteiger partial charge in [-0.1, -0.05) is 39.8 Å². The number of carboxylic acids is 1. The second-order valence-corrected chi connectivity index (χ2v) is 9.05. The van der Waals surface area contributed by atoms with Gasteiger partial charge in [-0.3, -0.25) is 4.79 Å². The Hall–Kier alpha value is -2.63. The van der Waals surface area contributed by atoms with E-state index >= 15 is 0 Å². The van der Waals surface area contributed by atoms with E-state index in [1.54, 1.807) is 17.8 Å². The van der Waals surface area contributed by atoms with Gasteiger partial charge in [-0.05, 0) is 20.3 Å². The molecule has 1 amide bonds. The first kappa shape index (κ1) is 21.6. The lowest BCUT2D eigenvalue weighted by Crippen LogP contribution is -2.52. The number of aromatic amines is 1. The molecule has 0 saturated carbocycles. The molecule has 3 aromatic rings. The van der Waals surface area contributed by atoms with E-state index in [0.717, 1.165) is 17.0 Å². The van der Waals surface area contributed by atoms with E-state index in [1.807, 2.05) is 11.8 Å². The second-order valence-electron chi connectivity index (χ2n) is 7.29. The maximum Gasteiger partial charge on any atom is 0.347 e. The molecular weight excluding hydrogens is 465 g/mol. The van der Waals surface area contributed by atoms with E-state index in [-0.39, 0.29) is 33.6 Å². The van der Waals surface area contributed by atoms with Gasteiger partial charge in [-0.15, -0.1) is 5.10 Å². The molecule has 1 aliphatic rings. The highest BCUT2D eigenvalue weighted by Crippen LogP contribution is 2.32. The number of piperidine rings is 1. The number of carbonyl (C=O) groups excluding carboxylic acids is 1. The Morgan fingerprint density at radius 3 is 2.68 bits per heavy atom.